The fraction of sp³-hybridized carbons (Fsp3) is 0.429. The van der Waals surface area contributed by atoms with E-state index in [1.54, 1.807) is 0 Å². The van der Waals surface area contributed by atoms with Crippen molar-refractivity contribution in [1.82, 2.24) is 14.3 Å². The van der Waals surface area contributed by atoms with E-state index >= 15 is 0 Å². The fourth-order valence-electron chi connectivity index (χ4n) is 4.68. The van der Waals surface area contributed by atoms with Crippen LogP contribution in [0.25, 0.3) is 16.7 Å². The number of nitriles is 1. The third-order valence-electron chi connectivity index (χ3n) is 6.23. The lowest BCUT2D eigenvalue weighted by Crippen LogP contribution is -2.51. The van der Waals surface area contributed by atoms with Gasteiger partial charge in [-0.2, -0.15) is 5.26 Å². The van der Waals surface area contributed by atoms with Crippen LogP contribution in [0.4, 0.5) is 5.82 Å². The lowest BCUT2D eigenvalue weighted by Gasteiger charge is -2.39. The molecule has 2 aromatic heterocycles. The van der Waals surface area contributed by atoms with Gasteiger partial charge in [-0.25, -0.2) is 13.4 Å². The van der Waals surface area contributed by atoms with Crippen molar-refractivity contribution in [2.75, 3.05) is 42.6 Å². The van der Waals surface area contributed by atoms with Crippen molar-refractivity contribution in [3.63, 3.8) is 0 Å². The topological polar surface area (TPSA) is 81.7 Å². The van der Waals surface area contributed by atoms with E-state index < -0.39 is 9.84 Å². The molecule has 0 N–H and O–H groups in total. The number of benzene rings is 1. The maximum atomic E-state index is 11.8. The summed E-state index contributed by atoms with van der Waals surface area (Å²) < 4.78 is 25.8. The maximum Gasteiger partial charge on any atom is 0.157 e. The van der Waals surface area contributed by atoms with Gasteiger partial charge < -0.3 is 4.90 Å². The summed E-state index contributed by atoms with van der Waals surface area (Å²) in [4.78, 5) is 9.38. The van der Waals surface area contributed by atoms with Gasteiger partial charge in [0.1, 0.15) is 11.9 Å². The SMILES string of the molecule is Cc1cc(N2CCN(C3CCS(=O)(=O)C3)CC2)n2c(nc3ccccc32)c1C#N. The molecular weight excluding hydrogens is 386 g/mol. The van der Waals surface area contributed by atoms with Crippen LogP contribution in [0.15, 0.2) is 30.3 Å². The number of aromatic nitrogens is 2. The number of rotatable bonds is 2. The van der Waals surface area contributed by atoms with E-state index in [9.17, 15) is 13.7 Å². The summed E-state index contributed by atoms with van der Waals surface area (Å²) in [5, 5.41) is 9.67. The number of hydrogen-bond donors (Lipinski definition) is 0. The second kappa shape index (κ2) is 6.71. The number of hydrogen-bond acceptors (Lipinski definition) is 6. The van der Waals surface area contributed by atoms with E-state index in [-0.39, 0.29) is 6.04 Å². The molecule has 1 aromatic carbocycles. The molecule has 0 amide bonds. The third-order valence-corrected chi connectivity index (χ3v) is 7.98. The molecule has 3 aromatic rings. The monoisotopic (exact) mass is 409 g/mol. The molecule has 29 heavy (non-hydrogen) atoms. The van der Waals surface area contributed by atoms with Crippen molar-refractivity contribution < 1.29 is 8.42 Å². The lowest BCUT2D eigenvalue weighted by atomic mass is 10.1. The number of para-hydroxylation sites is 2. The first-order valence-corrected chi connectivity index (χ1v) is 11.8. The first kappa shape index (κ1) is 18.4. The summed E-state index contributed by atoms with van der Waals surface area (Å²) >= 11 is 0. The largest absolute Gasteiger partial charge is 0.355 e. The minimum atomic E-state index is -2.87. The predicted molar refractivity (Wildman–Crippen MR) is 113 cm³/mol. The van der Waals surface area contributed by atoms with Gasteiger partial charge in [-0.1, -0.05) is 12.1 Å². The second-order valence-corrected chi connectivity index (χ2v) is 10.2. The van der Waals surface area contributed by atoms with E-state index in [0.717, 1.165) is 55.0 Å². The molecule has 2 saturated heterocycles. The Morgan fingerprint density at radius 2 is 1.93 bits per heavy atom. The lowest BCUT2D eigenvalue weighted by molar-refractivity contribution is 0.200. The Morgan fingerprint density at radius 1 is 1.17 bits per heavy atom. The first-order chi connectivity index (χ1) is 14.0. The molecule has 2 aliphatic rings. The Bertz CT molecular complexity index is 1250. The minimum Gasteiger partial charge on any atom is -0.355 e. The highest BCUT2D eigenvalue weighted by molar-refractivity contribution is 7.91. The molecule has 8 heteroatoms. The van der Waals surface area contributed by atoms with Crippen LogP contribution in [-0.2, 0) is 9.84 Å². The average Bonchev–Trinajstić information content (AvgIpc) is 3.27. The average molecular weight is 410 g/mol. The number of fused-ring (bicyclic) bond motifs is 3. The zero-order valence-electron chi connectivity index (χ0n) is 16.4. The van der Waals surface area contributed by atoms with Gasteiger partial charge in [0.15, 0.2) is 15.5 Å². The number of sulfone groups is 1. The molecule has 4 heterocycles. The van der Waals surface area contributed by atoms with Crippen LogP contribution in [0.1, 0.15) is 17.5 Å². The normalized spacial score (nSPS) is 22.3. The Kier molecular flexibility index (Phi) is 4.26. The van der Waals surface area contributed by atoms with Gasteiger partial charge in [-0.3, -0.25) is 9.30 Å². The Hall–Kier alpha value is -2.63. The van der Waals surface area contributed by atoms with E-state index in [4.69, 9.17) is 4.98 Å². The fourth-order valence-corrected chi connectivity index (χ4v) is 6.44. The molecule has 150 valence electrons. The number of piperazine rings is 1. The highest BCUT2D eigenvalue weighted by Crippen LogP contribution is 2.30. The van der Waals surface area contributed by atoms with Crippen LogP contribution in [0.3, 0.4) is 0 Å². The quantitative estimate of drug-likeness (QED) is 0.644. The van der Waals surface area contributed by atoms with Crippen LogP contribution < -0.4 is 4.90 Å². The number of aryl methyl sites for hydroxylation is 1. The molecule has 1 unspecified atom stereocenters. The second-order valence-electron chi connectivity index (χ2n) is 8.01. The van der Waals surface area contributed by atoms with Crippen LogP contribution in [-0.4, -0.2) is 66.4 Å². The number of pyridine rings is 1. The Balaban J connectivity index is 1.51. The number of imidazole rings is 1. The standard InChI is InChI=1S/C21H23N5O2S/c1-15-12-20(25-9-7-24(8-10-25)16-6-11-29(27,28)14-16)26-19-5-3-2-4-18(19)23-21(26)17(15)13-22/h2-5,12,16H,6-11,14H2,1H3. The summed E-state index contributed by atoms with van der Waals surface area (Å²) in [5.41, 5.74) is 4.12. The van der Waals surface area contributed by atoms with Crippen molar-refractivity contribution in [3.8, 4) is 6.07 Å². The van der Waals surface area contributed by atoms with E-state index in [1.807, 2.05) is 31.2 Å². The van der Waals surface area contributed by atoms with Crippen LogP contribution in [0, 0.1) is 18.3 Å². The van der Waals surface area contributed by atoms with Crippen molar-refractivity contribution in [2.24, 2.45) is 0 Å². The van der Waals surface area contributed by atoms with Gasteiger partial charge in [-0.05, 0) is 37.1 Å². The van der Waals surface area contributed by atoms with Crippen LogP contribution in [0.2, 0.25) is 0 Å². The van der Waals surface area contributed by atoms with Gasteiger partial charge in [-0.15, -0.1) is 0 Å². The smallest absolute Gasteiger partial charge is 0.157 e. The van der Waals surface area contributed by atoms with Crippen LogP contribution >= 0.6 is 0 Å². The van der Waals surface area contributed by atoms with Crippen LogP contribution in [0.5, 0.6) is 0 Å². The number of anilines is 1. The summed E-state index contributed by atoms with van der Waals surface area (Å²) in [6.07, 6.45) is 0.745. The minimum absolute atomic E-state index is 0.152. The van der Waals surface area contributed by atoms with Crippen molar-refractivity contribution in [3.05, 3.63) is 41.5 Å². The molecular formula is C21H23N5O2S. The van der Waals surface area contributed by atoms with Gasteiger partial charge in [0.2, 0.25) is 0 Å². The zero-order valence-corrected chi connectivity index (χ0v) is 17.2. The molecule has 0 bridgehead atoms. The Morgan fingerprint density at radius 3 is 2.62 bits per heavy atom. The molecule has 1 atom stereocenters. The highest BCUT2D eigenvalue weighted by atomic mass is 32.2. The number of nitrogens with zero attached hydrogens (tertiary/aromatic N) is 5. The van der Waals surface area contributed by atoms with E-state index in [1.165, 1.54) is 0 Å². The van der Waals surface area contributed by atoms with Crippen molar-refractivity contribution in [2.45, 2.75) is 19.4 Å². The molecule has 2 aliphatic heterocycles. The molecule has 0 spiro atoms. The molecule has 2 fully saturated rings. The summed E-state index contributed by atoms with van der Waals surface area (Å²) in [7, 11) is -2.87. The Labute approximate surface area is 170 Å². The molecule has 7 nitrogen and oxygen atoms in total. The van der Waals surface area contributed by atoms with Crippen molar-refractivity contribution in [1.29, 1.82) is 5.26 Å². The van der Waals surface area contributed by atoms with Crippen molar-refractivity contribution >= 4 is 32.3 Å². The summed E-state index contributed by atoms with van der Waals surface area (Å²) in [6.45, 7) is 5.29. The molecule has 0 saturated carbocycles. The highest BCUT2D eigenvalue weighted by Gasteiger charge is 2.34. The molecule has 0 aliphatic carbocycles. The van der Waals surface area contributed by atoms with E-state index in [0.29, 0.717) is 22.7 Å². The van der Waals surface area contributed by atoms with Gasteiger partial charge in [0.05, 0.1) is 28.1 Å². The van der Waals surface area contributed by atoms with Gasteiger partial charge in [0, 0.05) is 32.2 Å². The first-order valence-electron chi connectivity index (χ1n) is 9.97. The van der Waals surface area contributed by atoms with E-state index in [2.05, 4.69) is 26.3 Å². The zero-order chi connectivity index (χ0) is 20.2. The maximum absolute atomic E-state index is 11.8. The third kappa shape index (κ3) is 3.05. The molecule has 5 rings (SSSR count). The van der Waals surface area contributed by atoms with Gasteiger partial charge >= 0.3 is 0 Å². The predicted octanol–water partition coefficient (Wildman–Crippen LogP) is 1.98. The summed E-state index contributed by atoms with van der Waals surface area (Å²) in [5.74, 6) is 1.65. The van der Waals surface area contributed by atoms with Gasteiger partial charge in [0.25, 0.3) is 0 Å². The molecule has 0 radical (unpaired) electrons. The summed E-state index contributed by atoms with van der Waals surface area (Å²) in [6, 6.07) is 12.5.